The second-order valence-electron chi connectivity index (χ2n) is 8.07. The van der Waals surface area contributed by atoms with Crippen LogP contribution in [0, 0.1) is 0 Å². The number of nitrogens with zero attached hydrogens (tertiary/aromatic N) is 2. The predicted octanol–water partition coefficient (Wildman–Crippen LogP) is 4.09. The Labute approximate surface area is 164 Å². The summed E-state index contributed by atoms with van der Waals surface area (Å²) < 4.78 is 21.9. The fourth-order valence-corrected chi connectivity index (χ4v) is 4.16. The number of benzene rings is 1. The number of methoxy groups -OCH3 is 1. The van der Waals surface area contributed by atoms with Gasteiger partial charge in [-0.2, -0.15) is 0 Å². The van der Waals surface area contributed by atoms with Crippen molar-refractivity contribution in [3.63, 3.8) is 0 Å². The zero-order chi connectivity index (χ0) is 18.9. The molecule has 0 saturated carbocycles. The number of anilines is 2. The second kappa shape index (κ2) is 7.49. The van der Waals surface area contributed by atoms with E-state index in [9.17, 15) is 0 Å². The molecule has 0 amide bonds. The number of fused-ring (bicyclic) bond motifs is 1. The van der Waals surface area contributed by atoms with Crippen molar-refractivity contribution in [2.75, 3.05) is 50.5 Å². The van der Waals surface area contributed by atoms with Crippen molar-refractivity contribution in [3.8, 4) is 0 Å². The molecule has 0 unspecified atom stereocenters. The lowest BCUT2D eigenvalue weighted by molar-refractivity contribution is -0.0267. The van der Waals surface area contributed by atoms with Gasteiger partial charge in [0.1, 0.15) is 5.67 Å². The maximum Gasteiger partial charge on any atom is 0.130 e. The van der Waals surface area contributed by atoms with Crippen LogP contribution in [0.15, 0.2) is 22.7 Å². The van der Waals surface area contributed by atoms with E-state index in [1.54, 1.807) is 7.11 Å². The van der Waals surface area contributed by atoms with Gasteiger partial charge in [-0.15, -0.1) is 0 Å². The SMILES string of the molecule is COC(C)(C)CN1CCC(F)(CN2CC=Cc3c2ccc(Br)c3N)CC1. The van der Waals surface area contributed by atoms with Crippen LogP contribution in [0.25, 0.3) is 6.08 Å². The quantitative estimate of drug-likeness (QED) is 0.721. The Morgan fingerprint density at radius 1 is 1.31 bits per heavy atom. The first kappa shape index (κ1) is 19.6. The Hall–Kier alpha value is -1.11. The molecule has 2 aliphatic heterocycles. The lowest BCUT2D eigenvalue weighted by Crippen LogP contribution is -2.51. The summed E-state index contributed by atoms with van der Waals surface area (Å²) in [5, 5.41) is 0. The molecule has 3 rings (SSSR count). The summed E-state index contributed by atoms with van der Waals surface area (Å²) in [5.74, 6) is 0. The minimum absolute atomic E-state index is 0.197. The Morgan fingerprint density at radius 2 is 2.00 bits per heavy atom. The number of rotatable bonds is 5. The number of hydrogen-bond donors (Lipinski definition) is 1. The van der Waals surface area contributed by atoms with E-state index in [0.717, 1.165) is 41.9 Å². The topological polar surface area (TPSA) is 41.7 Å². The van der Waals surface area contributed by atoms with Crippen LogP contribution in [0.1, 0.15) is 32.3 Å². The average molecular weight is 426 g/mol. The molecule has 1 aromatic rings. The fourth-order valence-electron chi connectivity index (χ4n) is 3.81. The molecule has 2 aliphatic rings. The van der Waals surface area contributed by atoms with Gasteiger partial charge in [-0.05, 0) is 54.8 Å². The summed E-state index contributed by atoms with van der Waals surface area (Å²) in [6, 6.07) is 3.97. The number of nitrogens with two attached hydrogens (primary N) is 1. The van der Waals surface area contributed by atoms with Crippen molar-refractivity contribution >= 4 is 33.4 Å². The zero-order valence-corrected chi connectivity index (χ0v) is 17.5. The van der Waals surface area contributed by atoms with Gasteiger partial charge in [-0.25, -0.2) is 4.39 Å². The number of likely N-dealkylation sites (tertiary alicyclic amines) is 1. The Bertz CT molecular complexity index is 684. The van der Waals surface area contributed by atoms with Gasteiger partial charge >= 0.3 is 0 Å². The summed E-state index contributed by atoms with van der Waals surface area (Å²) in [6.45, 7) is 7.64. The van der Waals surface area contributed by atoms with Gasteiger partial charge in [-0.3, -0.25) is 0 Å². The van der Waals surface area contributed by atoms with Crippen LogP contribution < -0.4 is 10.6 Å². The summed E-state index contributed by atoms with van der Waals surface area (Å²) in [5.41, 5.74) is 7.54. The van der Waals surface area contributed by atoms with Crippen LogP contribution >= 0.6 is 15.9 Å². The average Bonchev–Trinajstić information content (AvgIpc) is 2.61. The molecule has 4 nitrogen and oxygen atoms in total. The van der Waals surface area contributed by atoms with Gasteiger partial charge in [0.15, 0.2) is 0 Å². The molecule has 6 heteroatoms. The minimum Gasteiger partial charge on any atom is -0.397 e. The van der Waals surface area contributed by atoms with Crippen LogP contribution in [0.2, 0.25) is 0 Å². The van der Waals surface area contributed by atoms with E-state index < -0.39 is 5.67 Å². The van der Waals surface area contributed by atoms with Crippen LogP contribution in [0.5, 0.6) is 0 Å². The summed E-state index contributed by atoms with van der Waals surface area (Å²) in [7, 11) is 1.73. The third-order valence-corrected chi connectivity index (χ3v) is 6.24. The fraction of sp³-hybridized carbons (Fsp3) is 0.600. The molecule has 2 heterocycles. The number of alkyl halides is 1. The highest BCUT2D eigenvalue weighted by molar-refractivity contribution is 9.10. The molecule has 0 bridgehead atoms. The van der Waals surface area contributed by atoms with Crippen molar-refractivity contribution in [2.45, 2.75) is 38.0 Å². The summed E-state index contributed by atoms with van der Waals surface area (Å²) in [4.78, 5) is 4.42. The van der Waals surface area contributed by atoms with Gasteiger partial charge in [0, 0.05) is 49.0 Å². The van der Waals surface area contributed by atoms with Gasteiger partial charge in [-0.1, -0.05) is 12.2 Å². The molecule has 1 saturated heterocycles. The maximum atomic E-state index is 15.6. The summed E-state index contributed by atoms with van der Waals surface area (Å²) >= 11 is 3.47. The lowest BCUT2D eigenvalue weighted by Gasteiger charge is -2.42. The monoisotopic (exact) mass is 425 g/mol. The number of ether oxygens (including phenoxy) is 1. The highest BCUT2D eigenvalue weighted by Crippen LogP contribution is 2.37. The van der Waals surface area contributed by atoms with E-state index in [0.29, 0.717) is 25.1 Å². The zero-order valence-electron chi connectivity index (χ0n) is 15.9. The third-order valence-electron chi connectivity index (χ3n) is 5.55. The van der Waals surface area contributed by atoms with Crippen molar-refractivity contribution in [3.05, 3.63) is 28.2 Å². The van der Waals surface area contributed by atoms with Gasteiger partial charge in [0.25, 0.3) is 0 Å². The van der Waals surface area contributed by atoms with Crippen molar-refractivity contribution in [2.24, 2.45) is 0 Å². The van der Waals surface area contributed by atoms with E-state index in [-0.39, 0.29) is 5.60 Å². The maximum absolute atomic E-state index is 15.6. The van der Waals surface area contributed by atoms with Crippen molar-refractivity contribution < 1.29 is 9.13 Å². The van der Waals surface area contributed by atoms with Gasteiger partial charge in [0.05, 0.1) is 17.8 Å². The van der Waals surface area contributed by atoms with E-state index in [1.807, 2.05) is 18.2 Å². The minimum atomic E-state index is -1.17. The number of piperidine rings is 1. The molecule has 26 heavy (non-hydrogen) atoms. The van der Waals surface area contributed by atoms with Crippen LogP contribution in [0.3, 0.4) is 0 Å². The smallest absolute Gasteiger partial charge is 0.130 e. The van der Waals surface area contributed by atoms with E-state index in [1.165, 1.54) is 0 Å². The Balaban J connectivity index is 1.66. The molecule has 1 fully saturated rings. The highest BCUT2D eigenvalue weighted by atomic mass is 79.9. The van der Waals surface area contributed by atoms with E-state index >= 15 is 4.39 Å². The normalized spacial score (nSPS) is 20.3. The van der Waals surface area contributed by atoms with E-state index in [2.05, 4.69) is 45.7 Å². The number of halogens is 2. The molecule has 0 aromatic heterocycles. The molecular weight excluding hydrogens is 397 g/mol. The molecule has 0 aliphatic carbocycles. The Morgan fingerprint density at radius 3 is 2.65 bits per heavy atom. The lowest BCUT2D eigenvalue weighted by atomic mass is 9.91. The first-order valence-corrected chi connectivity index (χ1v) is 9.98. The molecule has 0 atom stereocenters. The van der Waals surface area contributed by atoms with Crippen LogP contribution in [-0.2, 0) is 4.74 Å². The highest BCUT2D eigenvalue weighted by Gasteiger charge is 2.38. The summed E-state index contributed by atoms with van der Waals surface area (Å²) in [6.07, 6.45) is 5.19. The molecule has 2 N–H and O–H groups in total. The van der Waals surface area contributed by atoms with Gasteiger partial charge in [0.2, 0.25) is 0 Å². The molecule has 144 valence electrons. The first-order chi connectivity index (χ1) is 12.2. The largest absolute Gasteiger partial charge is 0.397 e. The number of nitrogen functional groups attached to an aromatic ring is 1. The van der Waals surface area contributed by atoms with Crippen LogP contribution in [-0.4, -0.2) is 56.0 Å². The van der Waals surface area contributed by atoms with Gasteiger partial charge < -0.3 is 20.3 Å². The van der Waals surface area contributed by atoms with Crippen LogP contribution in [0.4, 0.5) is 15.8 Å². The standard InChI is InChI=1S/C20H29BrFN3O/c1-19(2,26-3)13-24-11-8-20(22,9-12-24)14-25-10-4-5-15-17(25)7-6-16(21)18(15)23/h4-7H,8-14,23H2,1-3H3. The molecule has 1 aromatic carbocycles. The molecular formula is C20H29BrFN3O. The second-order valence-corrected chi connectivity index (χ2v) is 8.92. The van der Waals surface area contributed by atoms with E-state index in [4.69, 9.17) is 10.5 Å². The Kier molecular flexibility index (Phi) is 5.66. The predicted molar refractivity (Wildman–Crippen MR) is 110 cm³/mol. The van der Waals surface area contributed by atoms with Crippen molar-refractivity contribution in [1.82, 2.24) is 4.90 Å². The molecule has 0 radical (unpaired) electrons. The first-order valence-electron chi connectivity index (χ1n) is 9.19. The van der Waals surface area contributed by atoms with Crippen molar-refractivity contribution in [1.29, 1.82) is 0 Å². The molecule has 0 spiro atoms. The third kappa shape index (κ3) is 4.24. The number of hydrogen-bond acceptors (Lipinski definition) is 4.